The predicted molar refractivity (Wildman–Crippen MR) is 152 cm³/mol. The van der Waals surface area contributed by atoms with Crippen molar-refractivity contribution in [2.75, 3.05) is 0 Å². The molecule has 0 amide bonds. The number of benzene rings is 2. The average molecular weight is 509 g/mol. The molecule has 0 saturated heterocycles. The number of ether oxygens (including phenoxy) is 2. The predicted octanol–water partition coefficient (Wildman–Crippen LogP) is 8.66. The monoisotopic (exact) mass is 508 g/mol. The lowest BCUT2D eigenvalue weighted by atomic mass is 9.86. The van der Waals surface area contributed by atoms with Crippen LogP contribution in [-0.2, 0) is 20.3 Å². The van der Waals surface area contributed by atoms with Crippen LogP contribution in [0.25, 0.3) is 0 Å². The SMILES string of the molecule is CCCC(OC(=O)c1ccc(C(C)(C)C)cc1)C(CC)C(CCC)OC(=O)c1ccc(C(C)(C)C)cc1. The Labute approximate surface area is 225 Å². The van der Waals surface area contributed by atoms with Gasteiger partial charge in [0.2, 0.25) is 0 Å². The molecule has 0 aromatic heterocycles. The topological polar surface area (TPSA) is 52.6 Å². The first kappa shape index (κ1) is 30.6. The van der Waals surface area contributed by atoms with Gasteiger partial charge in [0.1, 0.15) is 12.2 Å². The number of carbonyl (C=O) groups is 2. The fourth-order valence-electron chi connectivity index (χ4n) is 4.68. The Hall–Kier alpha value is -2.62. The molecule has 2 atom stereocenters. The van der Waals surface area contributed by atoms with Crippen LogP contribution in [0.5, 0.6) is 0 Å². The highest BCUT2D eigenvalue weighted by molar-refractivity contribution is 5.90. The molecule has 2 rings (SSSR count). The molecule has 0 fully saturated rings. The van der Waals surface area contributed by atoms with Crippen LogP contribution in [0, 0.1) is 5.92 Å². The standard InChI is InChI=1S/C33H48O4/c1-10-13-28(36-30(34)23-15-19-25(20-16-23)32(4,5)6)27(12-3)29(14-11-2)37-31(35)24-17-21-26(22-18-24)33(7,8)9/h15-22,27-29H,10-14H2,1-9H3. The summed E-state index contributed by atoms with van der Waals surface area (Å²) in [7, 11) is 0. The van der Waals surface area contributed by atoms with Gasteiger partial charge in [0.25, 0.3) is 0 Å². The Morgan fingerprint density at radius 2 is 0.946 bits per heavy atom. The van der Waals surface area contributed by atoms with Gasteiger partial charge in [-0.2, -0.15) is 0 Å². The fourth-order valence-corrected chi connectivity index (χ4v) is 4.68. The molecule has 0 radical (unpaired) electrons. The summed E-state index contributed by atoms with van der Waals surface area (Å²) in [4.78, 5) is 26.2. The summed E-state index contributed by atoms with van der Waals surface area (Å²) < 4.78 is 12.2. The highest BCUT2D eigenvalue weighted by Crippen LogP contribution is 2.29. The number of hydrogen-bond donors (Lipinski definition) is 0. The van der Waals surface area contributed by atoms with Crippen molar-refractivity contribution >= 4 is 11.9 Å². The van der Waals surface area contributed by atoms with E-state index >= 15 is 0 Å². The third-order valence-corrected chi connectivity index (χ3v) is 7.06. The van der Waals surface area contributed by atoms with Crippen molar-refractivity contribution in [1.29, 1.82) is 0 Å². The van der Waals surface area contributed by atoms with Gasteiger partial charge in [-0.1, -0.05) is 99.4 Å². The molecule has 37 heavy (non-hydrogen) atoms. The third kappa shape index (κ3) is 8.72. The zero-order chi connectivity index (χ0) is 27.8. The van der Waals surface area contributed by atoms with E-state index in [9.17, 15) is 9.59 Å². The summed E-state index contributed by atoms with van der Waals surface area (Å²) in [5.74, 6) is -0.719. The van der Waals surface area contributed by atoms with E-state index < -0.39 is 0 Å². The second-order valence-electron chi connectivity index (χ2n) is 12.2. The normalized spacial score (nSPS) is 14.5. The molecular formula is C33H48O4. The summed E-state index contributed by atoms with van der Waals surface area (Å²) in [5.41, 5.74) is 3.48. The zero-order valence-electron chi connectivity index (χ0n) is 24.5. The molecular weight excluding hydrogens is 460 g/mol. The lowest BCUT2D eigenvalue weighted by molar-refractivity contribution is -0.0391. The zero-order valence-corrected chi connectivity index (χ0v) is 24.5. The van der Waals surface area contributed by atoms with Crippen molar-refractivity contribution < 1.29 is 19.1 Å². The minimum absolute atomic E-state index is 0.0187. The molecule has 0 aliphatic heterocycles. The first-order valence-corrected chi connectivity index (χ1v) is 13.9. The van der Waals surface area contributed by atoms with E-state index in [4.69, 9.17) is 9.47 Å². The van der Waals surface area contributed by atoms with Gasteiger partial charge in [-0.15, -0.1) is 0 Å². The maximum Gasteiger partial charge on any atom is 0.338 e. The number of hydrogen-bond acceptors (Lipinski definition) is 4. The highest BCUT2D eigenvalue weighted by atomic mass is 16.6. The molecule has 4 nitrogen and oxygen atoms in total. The summed E-state index contributed by atoms with van der Waals surface area (Å²) in [6.07, 6.45) is 3.30. The van der Waals surface area contributed by atoms with Crippen molar-refractivity contribution in [2.24, 2.45) is 5.92 Å². The third-order valence-electron chi connectivity index (χ3n) is 7.06. The van der Waals surface area contributed by atoms with Crippen molar-refractivity contribution in [3.63, 3.8) is 0 Å². The highest BCUT2D eigenvalue weighted by Gasteiger charge is 2.33. The molecule has 0 aliphatic rings. The molecule has 0 heterocycles. The van der Waals surface area contributed by atoms with Crippen molar-refractivity contribution in [2.45, 2.75) is 117 Å². The van der Waals surface area contributed by atoms with E-state index in [-0.39, 0.29) is 40.9 Å². The molecule has 0 N–H and O–H groups in total. The first-order valence-electron chi connectivity index (χ1n) is 13.9. The summed E-state index contributed by atoms with van der Waals surface area (Å²) >= 11 is 0. The van der Waals surface area contributed by atoms with Gasteiger partial charge < -0.3 is 9.47 Å². The largest absolute Gasteiger partial charge is 0.458 e. The van der Waals surface area contributed by atoms with E-state index in [1.165, 1.54) is 11.1 Å². The van der Waals surface area contributed by atoms with Gasteiger partial charge in [0, 0.05) is 5.92 Å². The molecule has 0 aliphatic carbocycles. The first-order chi connectivity index (χ1) is 17.3. The van der Waals surface area contributed by atoms with Crippen LogP contribution >= 0.6 is 0 Å². The van der Waals surface area contributed by atoms with E-state index in [2.05, 4.69) is 62.3 Å². The van der Waals surface area contributed by atoms with Gasteiger partial charge in [0.15, 0.2) is 0 Å². The van der Waals surface area contributed by atoms with E-state index in [1.807, 2.05) is 48.5 Å². The minimum atomic E-state index is -0.322. The second kappa shape index (κ2) is 13.3. The van der Waals surface area contributed by atoms with Crippen molar-refractivity contribution in [3.05, 3.63) is 70.8 Å². The maximum absolute atomic E-state index is 13.1. The Morgan fingerprint density at radius 3 is 1.19 bits per heavy atom. The molecule has 2 unspecified atom stereocenters. The van der Waals surface area contributed by atoms with Gasteiger partial charge in [-0.25, -0.2) is 9.59 Å². The van der Waals surface area contributed by atoms with Crippen LogP contribution < -0.4 is 0 Å². The lowest BCUT2D eigenvalue weighted by Crippen LogP contribution is -2.38. The minimum Gasteiger partial charge on any atom is -0.458 e. The van der Waals surface area contributed by atoms with Gasteiger partial charge >= 0.3 is 11.9 Å². The molecule has 0 saturated carbocycles. The van der Waals surface area contributed by atoms with Crippen LogP contribution in [0.4, 0.5) is 0 Å². The van der Waals surface area contributed by atoms with Crippen LogP contribution in [0.1, 0.15) is 126 Å². The summed E-state index contributed by atoms with van der Waals surface area (Å²) in [6, 6.07) is 15.4. The molecule has 2 aromatic rings. The molecule has 2 aromatic carbocycles. The van der Waals surface area contributed by atoms with E-state index in [0.717, 1.165) is 32.1 Å². The van der Waals surface area contributed by atoms with Gasteiger partial charge in [0.05, 0.1) is 11.1 Å². The van der Waals surface area contributed by atoms with E-state index in [1.54, 1.807) is 0 Å². The van der Waals surface area contributed by atoms with Crippen molar-refractivity contribution in [3.8, 4) is 0 Å². The fraction of sp³-hybridized carbons (Fsp3) is 0.576. The summed E-state index contributed by atoms with van der Waals surface area (Å²) in [6.45, 7) is 19.2. The van der Waals surface area contributed by atoms with Crippen molar-refractivity contribution in [1.82, 2.24) is 0 Å². The van der Waals surface area contributed by atoms with Gasteiger partial charge in [-0.3, -0.25) is 0 Å². The molecule has 0 spiro atoms. The Bertz CT molecular complexity index is 909. The Kier molecular flexibility index (Phi) is 11.0. The quantitative estimate of drug-likeness (QED) is 0.285. The van der Waals surface area contributed by atoms with E-state index in [0.29, 0.717) is 11.1 Å². The molecule has 204 valence electrons. The second-order valence-corrected chi connectivity index (χ2v) is 12.2. The van der Waals surface area contributed by atoms with Crippen LogP contribution in [0.2, 0.25) is 0 Å². The number of carbonyl (C=O) groups excluding carboxylic acids is 2. The number of esters is 2. The Morgan fingerprint density at radius 1 is 0.622 bits per heavy atom. The average Bonchev–Trinajstić information content (AvgIpc) is 2.83. The number of rotatable bonds is 11. The molecule has 4 heteroatoms. The smallest absolute Gasteiger partial charge is 0.338 e. The Balaban J connectivity index is 2.21. The van der Waals surface area contributed by atoms with Crippen LogP contribution in [-0.4, -0.2) is 24.1 Å². The van der Waals surface area contributed by atoms with Gasteiger partial charge in [-0.05, 0) is 65.5 Å². The molecule has 0 bridgehead atoms. The maximum atomic E-state index is 13.1. The lowest BCUT2D eigenvalue weighted by Gasteiger charge is -2.32. The van der Waals surface area contributed by atoms with Crippen LogP contribution in [0.15, 0.2) is 48.5 Å². The summed E-state index contributed by atoms with van der Waals surface area (Å²) in [5, 5.41) is 0. The van der Waals surface area contributed by atoms with Crippen LogP contribution in [0.3, 0.4) is 0 Å².